The Morgan fingerprint density at radius 2 is 1.95 bits per heavy atom. The normalized spacial score (nSPS) is 13.2. The number of carbonyl (C=O) groups is 2. The summed E-state index contributed by atoms with van der Waals surface area (Å²) >= 11 is 0. The highest BCUT2D eigenvalue weighted by Crippen LogP contribution is 2.11. The first-order chi connectivity index (χ1) is 10.5. The largest absolute Gasteiger partial charge is 0.466 e. The van der Waals surface area contributed by atoms with Gasteiger partial charge in [-0.25, -0.2) is 0 Å². The van der Waals surface area contributed by atoms with Crippen LogP contribution in [0.2, 0.25) is 0 Å². The molecule has 0 saturated carbocycles. The van der Waals surface area contributed by atoms with Gasteiger partial charge in [0.2, 0.25) is 5.91 Å². The summed E-state index contributed by atoms with van der Waals surface area (Å²) in [6.07, 6.45) is 1.06. The molecule has 0 aliphatic rings. The van der Waals surface area contributed by atoms with Crippen LogP contribution in [0.3, 0.4) is 0 Å². The monoisotopic (exact) mass is 307 g/mol. The molecule has 2 atom stereocenters. The third-order valence-electron chi connectivity index (χ3n) is 3.28. The van der Waals surface area contributed by atoms with Crippen LogP contribution < -0.4 is 5.32 Å². The topological polar surface area (TPSA) is 75.6 Å². The highest BCUT2D eigenvalue weighted by Gasteiger charge is 2.17. The zero-order valence-electron chi connectivity index (χ0n) is 13.2. The van der Waals surface area contributed by atoms with Gasteiger partial charge in [-0.1, -0.05) is 30.3 Å². The maximum absolute atomic E-state index is 11.4. The van der Waals surface area contributed by atoms with Gasteiger partial charge in [-0.15, -0.1) is 0 Å². The Kier molecular flexibility index (Phi) is 8.22. The van der Waals surface area contributed by atoms with E-state index < -0.39 is 6.10 Å². The van der Waals surface area contributed by atoms with Gasteiger partial charge in [0, 0.05) is 19.4 Å². The van der Waals surface area contributed by atoms with Gasteiger partial charge in [-0.05, 0) is 31.7 Å². The van der Waals surface area contributed by atoms with Crippen LogP contribution in [0.25, 0.3) is 0 Å². The second kappa shape index (κ2) is 9.95. The molecule has 1 amide bonds. The molecule has 0 saturated heterocycles. The number of esters is 1. The first-order valence-corrected chi connectivity index (χ1v) is 7.66. The van der Waals surface area contributed by atoms with Crippen molar-refractivity contribution in [3.05, 3.63) is 35.9 Å². The molecule has 0 fully saturated rings. The number of aliphatic hydroxyl groups is 1. The third kappa shape index (κ3) is 7.78. The van der Waals surface area contributed by atoms with Crippen molar-refractivity contribution in [2.75, 3.05) is 6.61 Å². The number of hydrogen-bond donors (Lipinski definition) is 2. The fourth-order valence-electron chi connectivity index (χ4n) is 2.36. The lowest BCUT2D eigenvalue weighted by atomic mass is 9.99. The minimum atomic E-state index is -0.568. The molecule has 1 aromatic rings. The summed E-state index contributed by atoms with van der Waals surface area (Å²) in [6.45, 7) is 3.54. The lowest BCUT2D eigenvalue weighted by Gasteiger charge is -2.21. The number of hydrogen-bond acceptors (Lipinski definition) is 4. The van der Waals surface area contributed by atoms with Crippen molar-refractivity contribution in [2.45, 2.75) is 51.7 Å². The van der Waals surface area contributed by atoms with E-state index in [0.717, 1.165) is 5.56 Å². The second-order valence-electron chi connectivity index (χ2n) is 5.32. The van der Waals surface area contributed by atoms with E-state index in [1.54, 1.807) is 6.92 Å². The number of carbonyl (C=O) groups excluding carboxylic acids is 2. The van der Waals surface area contributed by atoms with Crippen LogP contribution in [0.5, 0.6) is 0 Å². The van der Waals surface area contributed by atoms with E-state index in [4.69, 9.17) is 4.74 Å². The summed E-state index contributed by atoms with van der Waals surface area (Å²) < 4.78 is 4.88. The SMILES string of the molecule is CCOC(=O)CC[C@H](C[C@H](O)Cc1ccccc1)NC(C)=O. The summed E-state index contributed by atoms with van der Waals surface area (Å²) in [7, 11) is 0. The molecule has 0 bridgehead atoms. The number of aliphatic hydroxyl groups excluding tert-OH is 1. The van der Waals surface area contributed by atoms with Gasteiger partial charge >= 0.3 is 5.97 Å². The van der Waals surface area contributed by atoms with E-state index in [9.17, 15) is 14.7 Å². The number of rotatable bonds is 9. The van der Waals surface area contributed by atoms with Crippen molar-refractivity contribution in [1.82, 2.24) is 5.32 Å². The fraction of sp³-hybridized carbons (Fsp3) is 0.529. The fourth-order valence-corrected chi connectivity index (χ4v) is 2.36. The minimum Gasteiger partial charge on any atom is -0.466 e. The Bertz CT molecular complexity index is 461. The minimum absolute atomic E-state index is 0.166. The quantitative estimate of drug-likeness (QED) is 0.682. The number of nitrogens with one attached hydrogen (secondary N) is 1. The van der Waals surface area contributed by atoms with Gasteiger partial charge in [0.15, 0.2) is 0 Å². The van der Waals surface area contributed by atoms with Crippen molar-refractivity contribution < 1.29 is 19.4 Å². The van der Waals surface area contributed by atoms with Gasteiger partial charge in [0.1, 0.15) is 0 Å². The molecular weight excluding hydrogens is 282 g/mol. The maximum atomic E-state index is 11.4. The molecule has 5 nitrogen and oxygen atoms in total. The number of ether oxygens (including phenoxy) is 1. The van der Waals surface area contributed by atoms with Crippen LogP contribution in [-0.2, 0) is 20.7 Å². The van der Waals surface area contributed by atoms with Crippen LogP contribution in [0.1, 0.15) is 38.7 Å². The second-order valence-corrected chi connectivity index (χ2v) is 5.32. The molecule has 0 aliphatic heterocycles. The van der Waals surface area contributed by atoms with Crippen molar-refractivity contribution >= 4 is 11.9 Å². The van der Waals surface area contributed by atoms with Gasteiger partial charge in [-0.2, -0.15) is 0 Å². The van der Waals surface area contributed by atoms with E-state index in [1.165, 1.54) is 6.92 Å². The Morgan fingerprint density at radius 3 is 2.55 bits per heavy atom. The predicted octanol–water partition coefficient (Wildman–Crippen LogP) is 1.83. The van der Waals surface area contributed by atoms with E-state index in [-0.39, 0.29) is 24.3 Å². The molecular formula is C17H25NO4. The van der Waals surface area contributed by atoms with Crippen molar-refractivity contribution in [3.63, 3.8) is 0 Å². The molecule has 0 aromatic heterocycles. The van der Waals surface area contributed by atoms with Gasteiger partial charge < -0.3 is 15.2 Å². The van der Waals surface area contributed by atoms with Gasteiger partial charge in [0.05, 0.1) is 12.7 Å². The smallest absolute Gasteiger partial charge is 0.305 e. The van der Waals surface area contributed by atoms with Crippen LogP contribution >= 0.6 is 0 Å². The van der Waals surface area contributed by atoms with Crippen LogP contribution in [0.4, 0.5) is 0 Å². The molecule has 0 radical (unpaired) electrons. The molecule has 5 heteroatoms. The summed E-state index contributed by atoms with van der Waals surface area (Å²) in [5, 5.41) is 13.0. The molecule has 0 aliphatic carbocycles. The lowest BCUT2D eigenvalue weighted by molar-refractivity contribution is -0.143. The van der Waals surface area contributed by atoms with Gasteiger partial charge in [-0.3, -0.25) is 9.59 Å². The van der Waals surface area contributed by atoms with Crippen LogP contribution in [0.15, 0.2) is 30.3 Å². The number of benzene rings is 1. The van der Waals surface area contributed by atoms with Crippen LogP contribution in [0, 0.1) is 0 Å². The summed E-state index contributed by atoms with van der Waals surface area (Å²) in [6, 6.07) is 9.45. The van der Waals surface area contributed by atoms with Crippen molar-refractivity contribution in [2.24, 2.45) is 0 Å². The first-order valence-electron chi connectivity index (χ1n) is 7.66. The Hall–Kier alpha value is -1.88. The zero-order chi connectivity index (χ0) is 16.4. The van der Waals surface area contributed by atoms with Crippen molar-refractivity contribution in [3.8, 4) is 0 Å². The molecule has 0 unspecified atom stereocenters. The molecule has 122 valence electrons. The third-order valence-corrected chi connectivity index (χ3v) is 3.28. The molecule has 1 rings (SSSR count). The predicted molar refractivity (Wildman–Crippen MR) is 84.2 cm³/mol. The Morgan fingerprint density at radius 1 is 1.27 bits per heavy atom. The zero-order valence-corrected chi connectivity index (χ0v) is 13.2. The first kappa shape index (κ1) is 18.2. The summed E-state index contributed by atoms with van der Waals surface area (Å²) in [4.78, 5) is 22.7. The van der Waals surface area contributed by atoms with E-state index in [1.807, 2.05) is 30.3 Å². The highest BCUT2D eigenvalue weighted by atomic mass is 16.5. The van der Waals surface area contributed by atoms with E-state index in [2.05, 4.69) is 5.32 Å². The lowest BCUT2D eigenvalue weighted by Crippen LogP contribution is -2.37. The van der Waals surface area contributed by atoms with Crippen LogP contribution in [-0.4, -0.2) is 35.7 Å². The summed E-state index contributed by atoms with van der Waals surface area (Å²) in [5.41, 5.74) is 1.04. The average Bonchev–Trinajstić information content (AvgIpc) is 2.45. The molecule has 22 heavy (non-hydrogen) atoms. The molecule has 1 aromatic carbocycles. The Balaban J connectivity index is 2.48. The van der Waals surface area contributed by atoms with Gasteiger partial charge in [0.25, 0.3) is 0 Å². The highest BCUT2D eigenvalue weighted by molar-refractivity contribution is 5.73. The maximum Gasteiger partial charge on any atom is 0.305 e. The molecule has 2 N–H and O–H groups in total. The van der Waals surface area contributed by atoms with Crippen molar-refractivity contribution in [1.29, 1.82) is 0 Å². The summed E-state index contributed by atoms with van der Waals surface area (Å²) in [5.74, 6) is -0.448. The molecule has 0 heterocycles. The molecule has 0 spiro atoms. The Labute approximate surface area is 131 Å². The van der Waals surface area contributed by atoms with E-state index >= 15 is 0 Å². The average molecular weight is 307 g/mol. The standard InChI is InChI=1S/C17H25NO4/c1-3-22-17(21)10-9-15(18-13(2)19)12-16(20)11-14-7-5-4-6-8-14/h4-8,15-16,20H,3,9-12H2,1-2H3,(H,18,19)/t15-,16-/m1/s1. The van der Waals surface area contributed by atoms with E-state index in [0.29, 0.717) is 25.9 Å². The number of amides is 1.